The number of ether oxygens (including phenoxy) is 2. The molecule has 3 heteroatoms. The van der Waals surface area contributed by atoms with Gasteiger partial charge in [0.05, 0.1) is 32.0 Å². The lowest BCUT2D eigenvalue weighted by atomic mass is 10.1. The fourth-order valence-corrected chi connectivity index (χ4v) is 1.61. The largest absolute Gasteiger partial charge is 0.377 e. The summed E-state index contributed by atoms with van der Waals surface area (Å²) in [6.07, 6.45) is 0.346. The van der Waals surface area contributed by atoms with Gasteiger partial charge in [-0.3, -0.25) is 4.90 Å². The first kappa shape index (κ1) is 6.58. The Bertz CT molecular complexity index is 129. The van der Waals surface area contributed by atoms with Crippen LogP contribution in [0.3, 0.4) is 0 Å². The summed E-state index contributed by atoms with van der Waals surface area (Å²) in [4.78, 5) is 2.32. The number of morpholine rings is 1. The van der Waals surface area contributed by atoms with Crippen LogP contribution in [-0.4, -0.2) is 50.5 Å². The number of hydrogen-bond acceptors (Lipinski definition) is 3. The summed E-state index contributed by atoms with van der Waals surface area (Å²) >= 11 is 0. The smallest absolute Gasteiger partial charge is 0.0986 e. The van der Waals surface area contributed by atoms with Crippen LogP contribution in [-0.2, 0) is 9.47 Å². The van der Waals surface area contributed by atoms with Crippen molar-refractivity contribution in [2.45, 2.75) is 12.1 Å². The fourth-order valence-electron chi connectivity index (χ4n) is 1.61. The van der Waals surface area contributed by atoms with E-state index in [1.54, 1.807) is 0 Å². The van der Waals surface area contributed by atoms with Gasteiger partial charge in [-0.2, -0.15) is 0 Å². The Morgan fingerprint density at radius 1 is 1.40 bits per heavy atom. The van der Waals surface area contributed by atoms with Crippen LogP contribution in [0, 0.1) is 0 Å². The molecule has 0 amide bonds. The molecule has 2 heterocycles. The van der Waals surface area contributed by atoms with Gasteiger partial charge in [0, 0.05) is 6.54 Å². The summed E-state index contributed by atoms with van der Waals surface area (Å²) in [6, 6.07) is 0.522. The van der Waals surface area contributed by atoms with Crippen molar-refractivity contribution in [3.63, 3.8) is 0 Å². The van der Waals surface area contributed by atoms with E-state index in [2.05, 4.69) is 11.9 Å². The number of hydrogen-bond donors (Lipinski definition) is 0. The van der Waals surface area contributed by atoms with Crippen molar-refractivity contribution in [3.05, 3.63) is 0 Å². The van der Waals surface area contributed by atoms with Gasteiger partial charge in [-0.05, 0) is 7.05 Å². The molecule has 0 radical (unpaired) electrons. The molecule has 2 aliphatic heterocycles. The maximum Gasteiger partial charge on any atom is 0.0986 e. The van der Waals surface area contributed by atoms with E-state index in [-0.39, 0.29) is 0 Å². The highest BCUT2D eigenvalue weighted by Crippen LogP contribution is 2.18. The first-order chi connectivity index (χ1) is 4.88. The summed E-state index contributed by atoms with van der Waals surface area (Å²) < 4.78 is 10.8. The van der Waals surface area contributed by atoms with E-state index in [4.69, 9.17) is 9.47 Å². The van der Waals surface area contributed by atoms with Crippen LogP contribution in [0.1, 0.15) is 0 Å². The molecular weight excluding hydrogens is 130 g/mol. The minimum absolute atomic E-state index is 0.346. The third kappa shape index (κ3) is 0.944. The zero-order chi connectivity index (χ0) is 6.97. The molecule has 2 saturated heterocycles. The van der Waals surface area contributed by atoms with Gasteiger partial charge in [0.15, 0.2) is 0 Å². The number of nitrogens with zero attached hydrogens (tertiary/aromatic N) is 1. The minimum Gasteiger partial charge on any atom is -0.377 e. The molecule has 0 aromatic carbocycles. The average Bonchev–Trinajstić information content (AvgIpc) is 2.36. The second-order valence-corrected chi connectivity index (χ2v) is 2.99. The zero-order valence-corrected chi connectivity index (χ0v) is 6.25. The van der Waals surface area contributed by atoms with Crippen LogP contribution in [0.4, 0.5) is 0 Å². The van der Waals surface area contributed by atoms with Crippen LogP contribution < -0.4 is 0 Å². The van der Waals surface area contributed by atoms with E-state index in [1.807, 2.05) is 0 Å². The van der Waals surface area contributed by atoms with Gasteiger partial charge in [0.2, 0.25) is 0 Å². The molecular formula is C7H13NO2. The quantitative estimate of drug-likeness (QED) is 0.465. The highest BCUT2D eigenvalue weighted by molar-refractivity contribution is 4.85. The van der Waals surface area contributed by atoms with E-state index < -0.39 is 0 Å². The number of fused-ring (bicyclic) bond motifs is 1. The van der Waals surface area contributed by atoms with Crippen LogP contribution >= 0.6 is 0 Å². The SMILES string of the molecule is CN1CCOC2COC[C@H]21. The third-order valence-corrected chi connectivity index (χ3v) is 2.34. The normalized spacial score (nSPS) is 41.7. The molecule has 0 aliphatic carbocycles. The molecule has 2 rings (SSSR count). The van der Waals surface area contributed by atoms with Crippen molar-refractivity contribution in [1.82, 2.24) is 4.90 Å². The van der Waals surface area contributed by atoms with Crippen molar-refractivity contribution in [2.24, 2.45) is 0 Å². The number of likely N-dealkylation sites (N-methyl/N-ethyl adjacent to an activating group) is 1. The Morgan fingerprint density at radius 2 is 2.30 bits per heavy atom. The molecule has 0 aromatic heterocycles. The minimum atomic E-state index is 0.346. The van der Waals surface area contributed by atoms with Gasteiger partial charge >= 0.3 is 0 Å². The molecule has 0 aromatic rings. The molecule has 2 aliphatic rings. The van der Waals surface area contributed by atoms with Crippen LogP contribution in [0.2, 0.25) is 0 Å². The molecule has 0 saturated carbocycles. The third-order valence-electron chi connectivity index (χ3n) is 2.34. The van der Waals surface area contributed by atoms with E-state index >= 15 is 0 Å². The molecule has 0 bridgehead atoms. The van der Waals surface area contributed by atoms with E-state index in [9.17, 15) is 0 Å². The first-order valence-corrected chi connectivity index (χ1v) is 3.77. The van der Waals surface area contributed by atoms with Gasteiger partial charge in [0.1, 0.15) is 0 Å². The lowest BCUT2D eigenvalue weighted by Gasteiger charge is -2.32. The Hall–Kier alpha value is -0.120. The average molecular weight is 143 g/mol. The molecule has 3 nitrogen and oxygen atoms in total. The highest BCUT2D eigenvalue weighted by Gasteiger charge is 2.34. The van der Waals surface area contributed by atoms with Crippen molar-refractivity contribution in [3.8, 4) is 0 Å². The van der Waals surface area contributed by atoms with Crippen LogP contribution in [0.15, 0.2) is 0 Å². The van der Waals surface area contributed by atoms with Gasteiger partial charge in [-0.1, -0.05) is 0 Å². The van der Waals surface area contributed by atoms with Gasteiger partial charge in [-0.15, -0.1) is 0 Å². The van der Waals surface area contributed by atoms with Gasteiger partial charge in [0.25, 0.3) is 0 Å². The van der Waals surface area contributed by atoms with Crippen molar-refractivity contribution < 1.29 is 9.47 Å². The molecule has 2 fully saturated rings. The lowest BCUT2D eigenvalue weighted by molar-refractivity contribution is -0.0382. The summed E-state index contributed by atoms with van der Waals surface area (Å²) in [6.45, 7) is 3.54. The fraction of sp³-hybridized carbons (Fsp3) is 1.00. The van der Waals surface area contributed by atoms with Crippen LogP contribution in [0.5, 0.6) is 0 Å². The van der Waals surface area contributed by atoms with Gasteiger partial charge < -0.3 is 9.47 Å². The van der Waals surface area contributed by atoms with E-state index in [0.29, 0.717) is 12.1 Å². The molecule has 0 spiro atoms. The summed E-state index contributed by atoms with van der Waals surface area (Å²) in [7, 11) is 2.13. The molecule has 2 atom stereocenters. The first-order valence-electron chi connectivity index (χ1n) is 3.77. The van der Waals surface area contributed by atoms with E-state index in [0.717, 1.165) is 26.4 Å². The van der Waals surface area contributed by atoms with Crippen molar-refractivity contribution in [2.75, 3.05) is 33.4 Å². The molecule has 1 unspecified atom stereocenters. The topological polar surface area (TPSA) is 21.7 Å². The maximum atomic E-state index is 5.51. The Kier molecular flexibility index (Phi) is 1.64. The standard InChI is InChI=1S/C7H13NO2/c1-8-2-3-10-7-5-9-4-6(7)8/h6-7H,2-5H2,1H3/t6-,7?/m1/s1. The summed E-state index contributed by atoms with van der Waals surface area (Å²) in [5, 5.41) is 0. The highest BCUT2D eigenvalue weighted by atomic mass is 16.6. The predicted molar refractivity (Wildman–Crippen MR) is 37.0 cm³/mol. The Morgan fingerprint density at radius 3 is 3.10 bits per heavy atom. The number of rotatable bonds is 0. The van der Waals surface area contributed by atoms with Crippen molar-refractivity contribution in [1.29, 1.82) is 0 Å². The van der Waals surface area contributed by atoms with Gasteiger partial charge in [-0.25, -0.2) is 0 Å². The zero-order valence-electron chi connectivity index (χ0n) is 6.25. The van der Waals surface area contributed by atoms with Crippen molar-refractivity contribution >= 4 is 0 Å². The molecule has 10 heavy (non-hydrogen) atoms. The Balaban J connectivity index is 2.03. The summed E-state index contributed by atoms with van der Waals surface area (Å²) in [5.74, 6) is 0. The summed E-state index contributed by atoms with van der Waals surface area (Å²) in [5.41, 5.74) is 0. The lowest BCUT2D eigenvalue weighted by Crippen LogP contribution is -2.48. The maximum absolute atomic E-state index is 5.51. The Labute approximate surface area is 60.9 Å². The van der Waals surface area contributed by atoms with Crippen LogP contribution in [0.25, 0.3) is 0 Å². The second-order valence-electron chi connectivity index (χ2n) is 2.99. The molecule has 0 N–H and O–H groups in total. The monoisotopic (exact) mass is 143 g/mol. The predicted octanol–water partition coefficient (Wildman–Crippen LogP) is -0.284. The molecule has 58 valence electrons. The second kappa shape index (κ2) is 2.49. The van der Waals surface area contributed by atoms with E-state index in [1.165, 1.54) is 0 Å².